The molecule has 0 aromatic heterocycles. The Hall–Kier alpha value is -1.93. The van der Waals surface area contributed by atoms with Crippen molar-refractivity contribution >= 4 is 51.9 Å². The summed E-state index contributed by atoms with van der Waals surface area (Å²) in [5.41, 5.74) is 1.15. The summed E-state index contributed by atoms with van der Waals surface area (Å²) in [6, 6.07) is 13.9. The van der Waals surface area contributed by atoms with Crippen LogP contribution in [-0.2, 0) is 19.1 Å². The molecule has 0 aliphatic rings. The normalized spacial score (nSPS) is 11.8. The molecule has 7 heteroatoms. The molecule has 0 heterocycles. The lowest BCUT2D eigenvalue weighted by molar-refractivity contribution is -0.162. The maximum atomic E-state index is 12.9. The highest BCUT2D eigenvalue weighted by molar-refractivity contribution is 14.1. The zero-order valence-electron chi connectivity index (χ0n) is 16.2. The number of halogens is 2. The quantitative estimate of drug-likeness (QED) is 0.197. The van der Waals surface area contributed by atoms with E-state index < -0.39 is 23.8 Å². The predicted molar refractivity (Wildman–Crippen MR) is 119 cm³/mol. The highest BCUT2D eigenvalue weighted by Gasteiger charge is 2.39. The van der Waals surface area contributed by atoms with Crippen LogP contribution in [0.3, 0.4) is 0 Å². The molecular weight excluding hydrogens is 507 g/mol. The number of esters is 2. The molecule has 2 aromatic carbocycles. The zero-order valence-corrected chi connectivity index (χ0v) is 19.1. The van der Waals surface area contributed by atoms with E-state index in [0.717, 1.165) is 3.57 Å². The molecular formula is C22H22ClIO5. The third-order valence-electron chi connectivity index (χ3n) is 4.35. The van der Waals surface area contributed by atoms with Crippen LogP contribution < -0.4 is 0 Å². The minimum atomic E-state index is -1.25. The van der Waals surface area contributed by atoms with Crippen molar-refractivity contribution in [3.05, 3.63) is 68.3 Å². The highest BCUT2D eigenvalue weighted by atomic mass is 127. The van der Waals surface area contributed by atoms with Crippen molar-refractivity contribution in [1.82, 2.24) is 0 Å². The molecule has 29 heavy (non-hydrogen) atoms. The summed E-state index contributed by atoms with van der Waals surface area (Å²) in [6.45, 7) is 3.56. The molecule has 0 saturated carbocycles. The standard InChI is InChI=1S/C22H22ClIO5/c1-3-28-21(26)20(22(27)29-4-2)18(14-5-9-16(23)10-6-14)13-19(25)15-7-11-17(24)12-8-15/h5-12,18,20H,3-4,13H2,1-2H3. The van der Waals surface area contributed by atoms with E-state index in [4.69, 9.17) is 21.1 Å². The lowest BCUT2D eigenvalue weighted by Crippen LogP contribution is -2.34. The number of benzene rings is 2. The van der Waals surface area contributed by atoms with Gasteiger partial charge in [-0.15, -0.1) is 0 Å². The number of carbonyl (C=O) groups excluding carboxylic acids is 3. The van der Waals surface area contributed by atoms with Crippen molar-refractivity contribution in [2.24, 2.45) is 5.92 Å². The number of ether oxygens (including phenoxy) is 2. The molecule has 0 N–H and O–H groups in total. The van der Waals surface area contributed by atoms with Gasteiger partial charge in [0.1, 0.15) is 0 Å². The number of ketones is 1. The van der Waals surface area contributed by atoms with Crippen LogP contribution in [0.25, 0.3) is 0 Å². The van der Waals surface area contributed by atoms with E-state index in [-0.39, 0.29) is 25.4 Å². The molecule has 0 spiro atoms. The fraction of sp³-hybridized carbons (Fsp3) is 0.318. The van der Waals surface area contributed by atoms with Gasteiger partial charge in [0.25, 0.3) is 0 Å². The average molecular weight is 529 g/mol. The van der Waals surface area contributed by atoms with E-state index in [0.29, 0.717) is 16.1 Å². The molecule has 0 fully saturated rings. The fourth-order valence-corrected chi connectivity index (χ4v) is 3.47. The summed E-state index contributed by atoms with van der Waals surface area (Å²) >= 11 is 8.14. The molecule has 2 rings (SSSR count). The van der Waals surface area contributed by atoms with Gasteiger partial charge in [0.15, 0.2) is 11.7 Å². The van der Waals surface area contributed by atoms with Crippen molar-refractivity contribution in [2.75, 3.05) is 13.2 Å². The smallest absolute Gasteiger partial charge is 0.320 e. The van der Waals surface area contributed by atoms with Gasteiger partial charge < -0.3 is 9.47 Å². The van der Waals surface area contributed by atoms with E-state index in [2.05, 4.69) is 22.6 Å². The molecule has 5 nitrogen and oxygen atoms in total. The third kappa shape index (κ3) is 6.54. The van der Waals surface area contributed by atoms with Crippen LogP contribution in [-0.4, -0.2) is 30.9 Å². The van der Waals surface area contributed by atoms with Gasteiger partial charge in [-0.2, -0.15) is 0 Å². The monoisotopic (exact) mass is 528 g/mol. The molecule has 1 unspecified atom stereocenters. The number of rotatable bonds is 9. The van der Waals surface area contributed by atoms with E-state index in [9.17, 15) is 14.4 Å². The molecule has 0 bridgehead atoms. The molecule has 0 aliphatic carbocycles. The van der Waals surface area contributed by atoms with Crippen molar-refractivity contribution in [3.8, 4) is 0 Å². The summed E-state index contributed by atoms with van der Waals surface area (Å²) in [5, 5.41) is 0.514. The topological polar surface area (TPSA) is 69.7 Å². The van der Waals surface area contributed by atoms with E-state index in [1.807, 2.05) is 12.1 Å². The lowest BCUT2D eigenvalue weighted by atomic mass is 9.81. The first-order valence-corrected chi connectivity index (χ1v) is 10.7. The van der Waals surface area contributed by atoms with Gasteiger partial charge in [0, 0.05) is 26.5 Å². The Bertz CT molecular complexity index is 831. The van der Waals surface area contributed by atoms with Crippen LogP contribution in [0.1, 0.15) is 42.1 Å². The summed E-state index contributed by atoms with van der Waals surface area (Å²) < 4.78 is 11.2. The Kier molecular flexibility index (Phi) is 9.10. The molecule has 0 saturated heterocycles. The van der Waals surface area contributed by atoms with Gasteiger partial charge in [-0.25, -0.2) is 0 Å². The Morgan fingerprint density at radius 3 is 1.90 bits per heavy atom. The van der Waals surface area contributed by atoms with Gasteiger partial charge in [-0.05, 0) is 66.3 Å². The van der Waals surface area contributed by atoms with Crippen molar-refractivity contribution in [2.45, 2.75) is 26.2 Å². The first-order chi connectivity index (χ1) is 13.9. The number of carbonyl (C=O) groups is 3. The van der Waals surface area contributed by atoms with Crippen LogP contribution in [0.4, 0.5) is 0 Å². The van der Waals surface area contributed by atoms with Crippen molar-refractivity contribution < 1.29 is 23.9 Å². The Balaban J connectivity index is 2.44. The van der Waals surface area contributed by atoms with Gasteiger partial charge in [0.05, 0.1) is 13.2 Å². The SMILES string of the molecule is CCOC(=O)C(C(=O)OCC)C(CC(=O)c1ccc(I)cc1)c1ccc(Cl)cc1. The molecule has 2 aromatic rings. The molecule has 154 valence electrons. The highest BCUT2D eigenvalue weighted by Crippen LogP contribution is 2.33. The van der Waals surface area contributed by atoms with E-state index in [1.54, 1.807) is 50.2 Å². The summed E-state index contributed by atoms with van der Waals surface area (Å²) in [4.78, 5) is 38.2. The van der Waals surface area contributed by atoms with E-state index in [1.165, 1.54) is 0 Å². The largest absolute Gasteiger partial charge is 0.465 e. The summed E-state index contributed by atoms with van der Waals surface area (Å²) in [6.07, 6.45) is -0.0511. The molecule has 0 amide bonds. The third-order valence-corrected chi connectivity index (χ3v) is 5.32. The van der Waals surface area contributed by atoms with Gasteiger partial charge >= 0.3 is 11.9 Å². The Morgan fingerprint density at radius 1 is 0.897 bits per heavy atom. The van der Waals surface area contributed by atoms with Crippen molar-refractivity contribution in [1.29, 1.82) is 0 Å². The van der Waals surface area contributed by atoms with Gasteiger partial charge in [-0.1, -0.05) is 35.9 Å². The first kappa shape index (κ1) is 23.3. The second-order valence-corrected chi connectivity index (χ2v) is 7.96. The zero-order chi connectivity index (χ0) is 21.4. The Labute approximate surface area is 188 Å². The van der Waals surface area contributed by atoms with Crippen molar-refractivity contribution in [3.63, 3.8) is 0 Å². The van der Waals surface area contributed by atoms with Crippen LogP contribution in [0, 0.1) is 9.49 Å². The maximum Gasteiger partial charge on any atom is 0.320 e. The van der Waals surface area contributed by atoms with Gasteiger partial charge in [-0.3, -0.25) is 14.4 Å². The van der Waals surface area contributed by atoms with Crippen LogP contribution >= 0.6 is 34.2 Å². The second kappa shape index (κ2) is 11.3. The van der Waals surface area contributed by atoms with Crippen LogP contribution in [0.2, 0.25) is 5.02 Å². The number of Topliss-reactive ketones (excluding diaryl/α,β-unsaturated/α-hetero) is 1. The maximum absolute atomic E-state index is 12.9. The predicted octanol–water partition coefficient (Wildman–Crippen LogP) is 5.04. The second-order valence-electron chi connectivity index (χ2n) is 6.27. The van der Waals surface area contributed by atoms with Crippen LogP contribution in [0.15, 0.2) is 48.5 Å². The first-order valence-electron chi connectivity index (χ1n) is 9.24. The minimum absolute atomic E-state index is 0.0511. The number of hydrogen-bond donors (Lipinski definition) is 0. The Morgan fingerprint density at radius 2 is 1.41 bits per heavy atom. The minimum Gasteiger partial charge on any atom is -0.465 e. The fourth-order valence-electron chi connectivity index (χ4n) is 2.98. The number of hydrogen-bond acceptors (Lipinski definition) is 5. The average Bonchev–Trinajstić information content (AvgIpc) is 2.69. The van der Waals surface area contributed by atoms with E-state index >= 15 is 0 Å². The lowest BCUT2D eigenvalue weighted by Gasteiger charge is -2.24. The summed E-state index contributed by atoms with van der Waals surface area (Å²) in [7, 11) is 0. The molecule has 0 radical (unpaired) electrons. The van der Waals surface area contributed by atoms with Crippen LogP contribution in [0.5, 0.6) is 0 Å². The van der Waals surface area contributed by atoms with Gasteiger partial charge in [0.2, 0.25) is 0 Å². The molecule has 0 aliphatic heterocycles. The molecule has 1 atom stereocenters. The summed E-state index contributed by atoms with van der Waals surface area (Å²) in [5.74, 6) is -3.58.